The molecule has 1 heterocycles. The molecule has 27 heavy (non-hydrogen) atoms. The second kappa shape index (κ2) is 7.98. The molecule has 2 rings (SSSR count). The van der Waals surface area contributed by atoms with E-state index in [0.29, 0.717) is 25.9 Å². The Balaban J connectivity index is 2.21. The van der Waals surface area contributed by atoms with Crippen molar-refractivity contribution in [1.29, 1.82) is 0 Å². The predicted octanol–water partition coefficient (Wildman–Crippen LogP) is 1.21. The molecule has 148 valence electrons. The number of nitrogens with zero attached hydrogens (tertiary/aromatic N) is 1. The van der Waals surface area contributed by atoms with Gasteiger partial charge in [0.15, 0.2) is 0 Å². The Morgan fingerprint density at radius 3 is 2.19 bits per heavy atom. The lowest BCUT2D eigenvalue weighted by Crippen LogP contribution is -2.57. The maximum Gasteiger partial charge on any atom is 0.410 e. The number of carboxylic acid groups (broad SMARTS) is 1. The van der Waals surface area contributed by atoms with Crippen molar-refractivity contribution in [3.8, 4) is 0 Å². The zero-order valence-electron chi connectivity index (χ0n) is 16.3. The number of hydrogen-bond acceptors (Lipinski definition) is 5. The van der Waals surface area contributed by atoms with Gasteiger partial charge in [-0.25, -0.2) is 4.79 Å². The number of ether oxygens (including phenoxy) is 1. The summed E-state index contributed by atoms with van der Waals surface area (Å²) < 4.78 is 5.41. The summed E-state index contributed by atoms with van der Waals surface area (Å²) in [5.74, 6) is -1.70. The van der Waals surface area contributed by atoms with E-state index in [0.717, 1.165) is 5.56 Å². The molecule has 1 aromatic rings. The summed E-state index contributed by atoms with van der Waals surface area (Å²) in [4.78, 5) is 37.9. The number of carbonyl (C=O) groups is 3. The van der Waals surface area contributed by atoms with Crippen molar-refractivity contribution in [2.24, 2.45) is 0 Å². The lowest BCUT2D eigenvalue weighted by atomic mass is 9.72. The number of piperidine rings is 1. The second-order valence-corrected chi connectivity index (χ2v) is 7.93. The van der Waals surface area contributed by atoms with E-state index in [2.05, 4.69) is 5.32 Å². The summed E-state index contributed by atoms with van der Waals surface area (Å²) in [6, 6.07) is 8.15. The second-order valence-electron chi connectivity index (χ2n) is 7.93. The van der Waals surface area contributed by atoms with Crippen LogP contribution in [0.3, 0.4) is 0 Å². The molecule has 1 atom stereocenters. The van der Waals surface area contributed by atoms with E-state index in [1.165, 1.54) is 6.92 Å². The van der Waals surface area contributed by atoms with E-state index in [9.17, 15) is 19.5 Å². The molecular formula is C20H27N2O5-. The van der Waals surface area contributed by atoms with E-state index >= 15 is 0 Å². The normalized spacial score (nSPS) is 17.7. The molecule has 0 spiro atoms. The van der Waals surface area contributed by atoms with Crippen molar-refractivity contribution in [2.45, 2.75) is 57.6 Å². The monoisotopic (exact) mass is 375 g/mol. The summed E-state index contributed by atoms with van der Waals surface area (Å²) >= 11 is 0. The van der Waals surface area contributed by atoms with Gasteiger partial charge in [-0.2, -0.15) is 0 Å². The van der Waals surface area contributed by atoms with Crippen LogP contribution >= 0.6 is 0 Å². The maximum atomic E-state index is 13.0. The van der Waals surface area contributed by atoms with Gasteiger partial charge in [-0.1, -0.05) is 30.3 Å². The number of amides is 2. The summed E-state index contributed by atoms with van der Waals surface area (Å²) in [5.41, 5.74) is -0.688. The summed E-state index contributed by atoms with van der Waals surface area (Å²) in [6.45, 7) is 7.48. The van der Waals surface area contributed by atoms with Crippen molar-refractivity contribution in [1.82, 2.24) is 10.2 Å². The van der Waals surface area contributed by atoms with Crippen molar-refractivity contribution in [3.63, 3.8) is 0 Å². The molecule has 0 unspecified atom stereocenters. The van der Waals surface area contributed by atoms with Crippen LogP contribution in [0.5, 0.6) is 0 Å². The minimum Gasteiger partial charge on any atom is -0.548 e. The standard InChI is InChI=1S/C20H28N2O5/c1-14(16(23)24)21-17(25)20(15-8-6-5-7-9-15)10-12-22(13-11-20)18(26)27-19(2,3)4/h5-9,14H,10-13H2,1-4H3,(H,21,25)(H,23,24)/p-1/t14-/m1/s1. The van der Waals surface area contributed by atoms with Gasteiger partial charge in [0.25, 0.3) is 0 Å². The highest BCUT2D eigenvalue weighted by Crippen LogP contribution is 2.36. The molecule has 7 nitrogen and oxygen atoms in total. The van der Waals surface area contributed by atoms with Crippen LogP contribution in [0.2, 0.25) is 0 Å². The van der Waals surface area contributed by atoms with E-state index in [4.69, 9.17) is 4.74 Å². The van der Waals surface area contributed by atoms with Crippen molar-refractivity contribution >= 4 is 18.0 Å². The fraction of sp³-hybridized carbons (Fsp3) is 0.550. The maximum absolute atomic E-state index is 13.0. The smallest absolute Gasteiger partial charge is 0.410 e. The van der Waals surface area contributed by atoms with Gasteiger partial charge in [-0.05, 0) is 46.1 Å². The first-order chi connectivity index (χ1) is 12.5. The topological polar surface area (TPSA) is 98.8 Å². The molecule has 0 radical (unpaired) electrons. The van der Waals surface area contributed by atoms with Crippen LogP contribution in [0.4, 0.5) is 4.79 Å². The van der Waals surface area contributed by atoms with Crippen LogP contribution in [-0.4, -0.2) is 47.6 Å². The number of rotatable bonds is 4. The Labute approximate surface area is 159 Å². The molecular weight excluding hydrogens is 348 g/mol. The quantitative estimate of drug-likeness (QED) is 0.853. The fourth-order valence-corrected chi connectivity index (χ4v) is 3.20. The first-order valence-electron chi connectivity index (χ1n) is 9.10. The van der Waals surface area contributed by atoms with Gasteiger partial charge in [-0.15, -0.1) is 0 Å². The van der Waals surface area contributed by atoms with Crippen LogP contribution in [0.15, 0.2) is 30.3 Å². The molecule has 0 bridgehead atoms. The highest BCUT2D eigenvalue weighted by Gasteiger charge is 2.44. The van der Waals surface area contributed by atoms with Gasteiger partial charge >= 0.3 is 6.09 Å². The summed E-state index contributed by atoms with van der Waals surface area (Å²) in [6.07, 6.45) is 0.344. The van der Waals surface area contributed by atoms with E-state index < -0.39 is 29.1 Å². The SMILES string of the molecule is C[C@@H](NC(=O)C1(c2ccccc2)CCN(C(=O)OC(C)(C)C)CC1)C(=O)[O-]. The Hall–Kier alpha value is -2.57. The minimum atomic E-state index is -1.34. The Bertz CT molecular complexity index is 688. The molecule has 1 N–H and O–H groups in total. The third kappa shape index (κ3) is 4.99. The molecule has 1 fully saturated rings. The van der Waals surface area contributed by atoms with Crippen molar-refractivity contribution < 1.29 is 24.2 Å². The van der Waals surface area contributed by atoms with Gasteiger partial charge in [0.2, 0.25) is 5.91 Å². The van der Waals surface area contributed by atoms with Gasteiger partial charge in [0, 0.05) is 13.1 Å². The van der Waals surface area contributed by atoms with E-state index in [1.807, 2.05) is 30.3 Å². The van der Waals surface area contributed by atoms with Crippen LogP contribution in [0.25, 0.3) is 0 Å². The molecule has 1 saturated heterocycles. The number of carboxylic acids is 1. The van der Waals surface area contributed by atoms with Crippen LogP contribution < -0.4 is 10.4 Å². The van der Waals surface area contributed by atoms with Crippen molar-refractivity contribution in [2.75, 3.05) is 13.1 Å². The van der Waals surface area contributed by atoms with Crippen LogP contribution in [0, 0.1) is 0 Å². The Morgan fingerprint density at radius 1 is 1.15 bits per heavy atom. The zero-order chi connectivity index (χ0) is 20.2. The third-order valence-corrected chi connectivity index (χ3v) is 4.73. The fourth-order valence-electron chi connectivity index (χ4n) is 3.20. The first kappa shape index (κ1) is 20.7. The number of nitrogens with one attached hydrogen (secondary N) is 1. The minimum absolute atomic E-state index is 0.344. The number of carbonyl (C=O) groups excluding carboxylic acids is 3. The zero-order valence-corrected chi connectivity index (χ0v) is 16.3. The van der Waals surface area contributed by atoms with Crippen LogP contribution in [0.1, 0.15) is 46.1 Å². The number of hydrogen-bond donors (Lipinski definition) is 1. The number of likely N-dealkylation sites (tertiary alicyclic amines) is 1. The largest absolute Gasteiger partial charge is 0.548 e. The Morgan fingerprint density at radius 2 is 1.70 bits per heavy atom. The average Bonchev–Trinajstić information content (AvgIpc) is 2.60. The molecule has 0 aliphatic carbocycles. The highest BCUT2D eigenvalue weighted by molar-refractivity contribution is 5.91. The predicted molar refractivity (Wildman–Crippen MR) is 97.8 cm³/mol. The van der Waals surface area contributed by atoms with Gasteiger partial charge < -0.3 is 24.9 Å². The van der Waals surface area contributed by atoms with Crippen molar-refractivity contribution in [3.05, 3.63) is 35.9 Å². The van der Waals surface area contributed by atoms with E-state index in [1.54, 1.807) is 25.7 Å². The molecule has 0 saturated carbocycles. The molecule has 1 aliphatic heterocycles. The van der Waals surface area contributed by atoms with E-state index in [-0.39, 0.29) is 5.91 Å². The molecule has 7 heteroatoms. The molecule has 1 aliphatic rings. The number of benzene rings is 1. The summed E-state index contributed by atoms with van der Waals surface area (Å²) in [7, 11) is 0. The first-order valence-corrected chi connectivity index (χ1v) is 9.10. The lowest BCUT2D eigenvalue weighted by Gasteiger charge is -2.41. The molecule has 1 aromatic carbocycles. The number of aliphatic carboxylic acids is 1. The summed E-state index contributed by atoms with van der Waals surface area (Å²) in [5, 5.41) is 13.6. The third-order valence-electron chi connectivity index (χ3n) is 4.73. The van der Waals surface area contributed by atoms with Gasteiger partial charge in [-0.3, -0.25) is 4.79 Å². The highest BCUT2D eigenvalue weighted by atomic mass is 16.6. The molecule has 2 amide bonds. The van der Waals surface area contributed by atoms with Gasteiger partial charge in [0.1, 0.15) is 5.60 Å². The lowest BCUT2D eigenvalue weighted by molar-refractivity contribution is -0.307. The van der Waals surface area contributed by atoms with Crippen LogP contribution in [-0.2, 0) is 19.7 Å². The van der Waals surface area contributed by atoms with Gasteiger partial charge in [0.05, 0.1) is 17.4 Å². The average molecular weight is 375 g/mol. The molecule has 0 aromatic heterocycles. The Kier molecular flexibility index (Phi) is 6.13.